The second-order valence-electron chi connectivity index (χ2n) is 5.48. The minimum Gasteiger partial charge on any atom is -0.369 e. The van der Waals surface area contributed by atoms with E-state index in [0.717, 1.165) is 19.5 Å². The van der Waals surface area contributed by atoms with Crippen molar-refractivity contribution in [2.45, 2.75) is 18.4 Å². The second kappa shape index (κ2) is 5.63. The quantitative estimate of drug-likeness (QED) is 0.908. The van der Waals surface area contributed by atoms with Crippen LogP contribution in [0.5, 0.6) is 0 Å². The minimum absolute atomic E-state index is 0.152. The van der Waals surface area contributed by atoms with Crippen LogP contribution in [-0.4, -0.2) is 19.1 Å². The van der Waals surface area contributed by atoms with Crippen molar-refractivity contribution in [3.05, 3.63) is 66.0 Å². The van der Waals surface area contributed by atoms with E-state index in [9.17, 15) is 4.39 Å². The molecule has 0 aromatic heterocycles. The minimum atomic E-state index is -0.186. The van der Waals surface area contributed by atoms with E-state index in [2.05, 4.69) is 17.0 Å². The van der Waals surface area contributed by atoms with Crippen molar-refractivity contribution in [1.29, 1.82) is 0 Å². The normalized spacial score (nSPS) is 22.8. The number of rotatable bonds is 2. The van der Waals surface area contributed by atoms with Crippen LogP contribution in [0.25, 0.3) is 0 Å². The summed E-state index contributed by atoms with van der Waals surface area (Å²) >= 11 is 0. The van der Waals surface area contributed by atoms with Crippen LogP contribution >= 0.6 is 0 Å². The number of hydrogen-bond donors (Lipinski definition) is 1. The lowest BCUT2D eigenvalue weighted by Gasteiger charge is -2.38. The predicted molar refractivity (Wildman–Crippen MR) is 80.4 cm³/mol. The molecule has 0 bridgehead atoms. The first-order valence-corrected chi connectivity index (χ1v) is 7.03. The van der Waals surface area contributed by atoms with Gasteiger partial charge in [0.15, 0.2) is 0 Å². The van der Waals surface area contributed by atoms with Gasteiger partial charge in [0.2, 0.25) is 0 Å². The number of nitrogens with zero attached hydrogens (tertiary/aromatic N) is 1. The van der Waals surface area contributed by atoms with Crippen LogP contribution in [0, 0.1) is 5.82 Å². The zero-order chi connectivity index (χ0) is 13.9. The molecule has 0 amide bonds. The van der Waals surface area contributed by atoms with Gasteiger partial charge in [0.25, 0.3) is 0 Å². The molecule has 2 aromatic carbocycles. The molecular weight excluding hydrogens is 251 g/mol. The fourth-order valence-corrected chi connectivity index (χ4v) is 2.96. The number of halogens is 1. The Kier molecular flexibility index (Phi) is 3.70. The zero-order valence-electron chi connectivity index (χ0n) is 11.4. The largest absolute Gasteiger partial charge is 0.369 e. The van der Waals surface area contributed by atoms with E-state index in [4.69, 9.17) is 5.73 Å². The molecule has 1 aliphatic heterocycles. The first-order chi connectivity index (χ1) is 9.72. The molecule has 1 saturated heterocycles. The summed E-state index contributed by atoms with van der Waals surface area (Å²) < 4.78 is 13.0. The van der Waals surface area contributed by atoms with Crippen molar-refractivity contribution in [3.63, 3.8) is 0 Å². The number of piperidine rings is 1. The molecule has 1 fully saturated rings. The SMILES string of the molecule is NC1CC(c2ccc(F)cc2)CN(c2ccccc2)C1. The molecule has 2 atom stereocenters. The molecule has 0 aliphatic carbocycles. The van der Waals surface area contributed by atoms with Gasteiger partial charge >= 0.3 is 0 Å². The Balaban J connectivity index is 1.81. The monoisotopic (exact) mass is 270 g/mol. The Morgan fingerprint density at radius 2 is 1.65 bits per heavy atom. The lowest BCUT2D eigenvalue weighted by Crippen LogP contribution is -2.46. The molecule has 0 spiro atoms. The summed E-state index contributed by atoms with van der Waals surface area (Å²) in [6, 6.07) is 17.3. The van der Waals surface area contributed by atoms with Crippen molar-refractivity contribution >= 4 is 5.69 Å². The van der Waals surface area contributed by atoms with E-state index in [1.54, 1.807) is 0 Å². The Hall–Kier alpha value is -1.87. The van der Waals surface area contributed by atoms with E-state index in [0.29, 0.717) is 5.92 Å². The average molecular weight is 270 g/mol. The third-order valence-corrected chi connectivity index (χ3v) is 3.95. The maximum atomic E-state index is 13.0. The maximum absolute atomic E-state index is 13.0. The Morgan fingerprint density at radius 3 is 2.35 bits per heavy atom. The fraction of sp³-hybridized carbons (Fsp3) is 0.294. The molecule has 0 saturated carbocycles. The molecule has 1 aliphatic rings. The fourth-order valence-electron chi connectivity index (χ4n) is 2.96. The number of benzene rings is 2. The molecule has 20 heavy (non-hydrogen) atoms. The molecule has 2 unspecified atom stereocenters. The standard InChI is InChI=1S/C17H19FN2/c18-15-8-6-13(7-9-15)14-10-16(19)12-20(11-14)17-4-2-1-3-5-17/h1-9,14,16H,10-12,19H2. The first-order valence-electron chi connectivity index (χ1n) is 7.03. The predicted octanol–water partition coefficient (Wildman–Crippen LogP) is 3.15. The number of hydrogen-bond acceptors (Lipinski definition) is 2. The van der Waals surface area contributed by atoms with Gasteiger partial charge in [0.1, 0.15) is 5.82 Å². The highest BCUT2D eigenvalue weighted by atomic mass is 19.1. The summed E-state index contributed by atoms with van der Waals surface area (Å²) in [5.41, 5.74) is 8.58. The molecule has 2 nitrogen and oxygen atoms in total. The van der Waals surface area contributed by atoms with Gasteiger partial charge in [-0.2, -0.15) is 0 Å². The van der Waals surface area contributed by atoms with E-state index < -0.39 is 0 Å². The van der Waals surface area contributed by atoms with Gasteiger partial charge in [-0.1, -0.05) is 30.3 Å². The molecule has 3 heteroatoms. The van der Waals surface area contributed by atoms with Gasteiger partial charge in [0.05, 0.1) is 0 Å². The number of para-hydroxylation sites is 1. The smallest absolute Gasteiger partial charge is 0.123 e. The highest BCUT2D eigenvalue weighted by Gasteiger charge is 2.26. The van der Waals surface area contributed by atoms with Crippen LogP contribution in [-0.2, 0) is 0 Å². The first kappa shape index (κ1) is 13.1. The van der Waals surface area contributed by atoms with Gasteiger partial charge in [-0.05, 0) is 36.2 Å². The maximum Gasteiger partial charge on any atom is 0.123 e. The van der Waals surface area contributed by atoms with E-state index in [1.807, 2.05) is 30.3 Å². The van der Waals surface area contributed by atoms with Crippen molar-refractivity contribution < 1.29 is 4.39 Å². The van der Waals surface area contributed by atoms with Crippen LogP contribution in [0.15, 0.2) is 54.6 Å². The lowest BCUT2D eigenvalue weighted by molar-refractivity contribution is 0.453. The summed E-state index contributed by atoms with van der Waals surface area (Å²) in [4.78, 5) is 2.32. The van der Waals surface area contributed by atoms with Gasteiger partial charge in [-0.3, -0.25) is 0 Å². The summed E-state index contributed by atoms with van der Waals surface area (Å²) in [6.07, 6.45) is 0.953. The van der Waals surface area contributed by atoms with Crippen molar-refractivity contribution in [2.75, 3.05) is 18.0 Å². The zero-order valence-corrected chi connectivity index (χ0v) is 11.4. The third kappa shape index (κ3) is 2.83. The molecular formula is C17H19FN2. The van der Waals surface area contributed by atoms with E-state index in [1.165, 1.54) is 23.4 Å². The molecule has 3 rings (SSSR count). The molecule has 0 radical (unpaired) electrons. The van der Waals surface area contributed by atoms with Crippen LogP contribution < -0.4 is 10.6 Å². The Morgan fingerprint density at radius 1 is 0.950 bits per heavy atom. The van der Waals surface area contributed by atoms with Gasteiger partial charge in [-0.25, -0.2) is 4.39 Å². The van der Waals surface area contributed by atoms with Crippen LogP contribution in [0.1, 0.15) is 17.9 Å². The van der Waals surface area contributed by atoms with Crippen molar-refractivity contribution in [2.24, 2.45) is 5.73 Å². The number of nitrogens with two attached hydrogens (primary N) is 1. The van der Waals surface area contributed by atoms with Crippen molar-refractivity contribution in [1.82, 2.24) is 0 Å². The highest BCUT2D eigenvalue weighted by molar-refractivity contribution is 5.47. The summed E-state index contributed by atoms with van der Waals surface area (Å²) in [5.74, 6) is 0.174. The summed E-state index contributed by atoms with van der Waals surface area (Å²) in [5, 5.41) is 0. The molecule has 1 heterocycles. The molecule has 2 aromatic rings. The molecule has 104 valence electrons. The Labute approximate surface area is 119 Å². The molecule has 2 N–H and O–H groups in total. The number of anilines is 1. The highest BCUT2D eigenvalue weighted by Crippen LogP contribution is 2.29. The van der Waals surface area contributed by atoms with Crippen LogP contribution in [0.2, 0.25) is 0 Å². The van der Waals surface area contributed by atoms with Crippen LogP contribution in [0.4, 0.5) is 10.1 Å². The topological polar surface area (TPSA) is 29.3 Å². The van der Waals surface area contributed by atoms with Gasteiger partial charge in [0, 0.05) is 30.7 Å². The third-order valence-electron chi connectivity index (χ3n) is 3.95. The van der Waals surface area contributed by atoms with E-state index in [-0.39, 0.29) is 11.9 Å². The average Bonchev–Trinajstić information content (AvgIpc) is 2.48. The van der Waals surface area contributed by atoms with Crippen LogP contribution in [0.3, 0.4) is 0 Å². The van der Waals surface area contributed by atoms with E-state index >= 15 is 0 Å². The summed E-state index contributed by atoms with van der Waals surface area (Å²) in [6.45, 7) is 1.81. The second-order valence-corrected chi connectivity index (χ2v) is 5.48. The van der Waals surface area contributed by atoms with Gasteiger partial charge in [-0.15, -0.1) is 0 Å². The lowest BCUT2D eigenvalue weighted by atomic mass is 9.88. The summed E-state index contributed by atoms with van der Waals surface area (Å²) in [7, 11) is 0. The Bertz CT molecular complexity index is 553. The van der Waals surface area contributed by atoms with Gasteiger partial charge < -0.3 is 10.6 Å². The van der Waals surface area contributed by atoms with Crippen molar-refractivity contribution in [3.8, 4) is 0 Å².